The molecule has 0 spiro atoms. The third kappa shape index (κ3) is 4.46. The number of hydrogen-bond donors (Lipinski definition) is 1. The second kappa shape index (κ2) is 9.52. The average Bonchev–Trinajstić information content (AvgIpc) is 3.43. The van der Waals surface area contributed by atoms with E-state index in [1.165, 1.54) is 0 Å². The molecule has 0 saturated carbocycles. The highest BCUT2D eigenvalue weighted by Gasteiger charge is 2.38. The summed E-state index contributed by atoms with van der Waals surface area (Å²) in [6.45, 7) is 7.03. The number of carbonyl (C=O) groups is 1. The Morgan fingerprint density at radius 2 is 2.09 bits per heavy atom. The summed E-state index contributed by atoms with van der Waals surface area (Å²) in [4.78, 5) is 23.6. The van der Waals surface area contributed by atoms with Gasteiger partial charge in [0.1, 0.15) is 11.6 Å². The first kappa shape index (κ1) is 24.2. The number of benzene rings is 1. The number of halogens is 2. The zero-order valence-corrected chi connectivity index (χ0v) is 21.6. The fourth-order valence-electron chi connectivity index (χ4n) is 5.63. The van der Waals surface area contributed by atoms with Crippen LogP contribution in [-0.2, 0) is 4.79 Å². The highest BCUT2D eigenvalue weighted by atomic mass is 35.5. The van der Waals surface area contributed by atoms with Gasteiger partial charge in [-0.3, -0.25) is 9.69 Å². The SMILES string of the molecule is Cc1nn([C@H](C)c2ccc(Cl)cc2Cl)c2nc(C3=CCC(N4CCCC4C(=O)O)C(C)C3)cnc12. The Balaban J connectivity index is 1.46. The van der Waals surface area contributed by atoms with E-state index >= 15 is 0 Å². The van der Waals surface area contributed by atoms with Crippen LogP contribution in [0.3, 0.4) is 0 Å². The van der Waals surface area contributed by atoms with E-state index in [-0.39, 0.29) is 18.1 Å². The van der Waals surface area contributed by atoms with Crippen LogP contribution in [0.15, 0.2) is 30.5 Å². The molecule has 184 valence electrons. The third-order valence-corrected chi connectivity index (χ3v) is 8.05. The second-order valence-corrected chi connectivity index (χ2v) is 10.6. The molecular weight excluding hydrogens is 485 g/mol. The number of likely N-dealkylation sites (tertiary alicyclic amines) is 1. The number of carboxylic acid groups (broad SMARTS) is 1. The lowest BCUT2D eigenvalue weighted by Crippen LogP contribution is -2.46. The van der Waals surface area contributed by atoms with Crippen LogP contribution in [0.25, 0.3) is 16.7 Å². The Bertz CT molecular complexity index is 1320. The molecule has 3 heterocycles. The number of aliphatic carboxylic acids is 1. The second-order valence-electron chi connectivity index (χ2n) is 9.75. The van der Waals surface area contributed by atoms with Gasteiger partial charge in [0, 0.05) is 16.1 Å². The lowest BCUT2D eigenvalue weighted by molar-refractivity contribution is -0.143. The maximum absolute atomic E-state index is 11.7. The van der Waals surface area contributed by atoms with Gasteiger partial charge in [-0.25, -0.2) is 14.6 Å². The molecule has 35 heavy (non-hydrogen) atoms. The van der Waals surface area contributed by atoms with Gasteiger partial charge in [0.25, 0.3) is 0 Å². The van der Waals surface area contributed by atoms with Crippen LogP contribution in [0.2, 0.25) is 10.0 Å². The van der Waals surface area contributed by atoms with Crippen molar-refractivity contribution in [3.05, 3.63) is 57.5 Å². The van der Waals surface area contributed by atoms with Crippen LogP contribution in [0.5, 0.6) is 0 Å². The fraction of sp³-hybridized carbons (Fsp3) is 0.462. The molecule has 0 amide bonds. The van der Waals surface area contributed by atoms with Crippen LogP contribution in [0.4, 0.5) is 0 Å². The van der Waals surface area contributed by atoms with Crippen molar-refractivity contribution >= 4 is 45.9 Å². The number of hydrogen-bond acceptors (Lipinski definition) is 5. The first-order valence-corrected chi connectivity index (χ1v) is 12.8. The Kier molecular flexibility index (Phi) is 6.59. The summed E-state index contributed by atoms with van der Waals surface area (Å²) < 4.78 is 1.88. The highest BCUT2D eigenvalue weighted by molar-refractivity contribution is 6.35. The number of fused-ring (bicyclic) bond motifs is 1. The van der Waals surface area contributed by atoms with E-state index in [0.717, 1.165) is 65.9 Å². The quantitative estimate of drug-likeness (QED) is 0.465. The van der Waals surface area contributed by atoms with Crippen molar-refractivity contribution in [3.8, 4) is 0 Å². The van der Waals surface area contributed by atoms with E-state index in [9.17, 15) is 9.90 Å². The summed E-state index contributed by atoms with van der Waals surface area (Å²) >= 11 is 12.6. The van der Waals surface area contributed by atoms with Crippen LogP contribution >= 0.6 is 23.2 Å². The maximum atomic E-state index is 11.7. The van der Waals surface area contributed by atoms with Crippen molar-refractivity contribution in [2.45, 2.75) is 64.6 Å². The minimum atomic E-state index is -0.709. The summed E-state index contributed by atoms with van der Waals surface area (Å²) in [5.74, 6) is -0.384. The first-order chi connectivity index (χ1) is 16.7. The summed E-state index contributed by atoms with van der Waals surface area (Å²) in [7, 11) is 0. The number of aryl methyl sites for hydroxylation is 1. The number of carboxylic acids is 1. The fourth-order valence-corrected chi connectivity index (χ4v) is 6.20. The van der Waals surface area contributed by atoms with Crippen molar-refractivity contribution in [2.24, 2.45) is 5.92 Å². The summed E-state index contributed by atoms with van der Waals surface area (Å²) in [6, 6.07) is 5.21. The van der Waals surface area contributed by atoms with Gasteiger partial charge < -0.3 is 5.11 Å². The molecule has 1 fully saturated rings. The van der Waals surface area contributed by atoms with Crippen LogP contribution in [-0.4, -0.2) is 54.4 Å². The normalized spacial score (nSPS) is 24.0. The predicted octanol–water partition coefficient (Wildman–Crippen LogP) is 5.78. The number of nitrogens with zero attached hydrogens (tertiary/aromatic N) is 5. The topological polar surface area (TPSA) is 84.1 Å². The molecule has 0 bridgehead atoms. The molecule has 1 N–H and O–H groups in total. The van der Waals surface area contributed by atoms with Gasteiger partial charge in [-0.2, -0.15) is 5.10 Å². The number of rotatable bonds is 5. The van der Waals surface area contributed by atoms with Gasteiger partial charge in [-0.05, 0) is 75.3 Å². The van der Waals surface area contributed by atoms with Gasteiger partial charge >= 0.3 is 5.97 Å². The minimum absolute atomic E-state index is 0.146. The highest BCUT2D eigenvalue weighted by Crippen LogP contribution is 2.37. The molecule has 7 nitrogen and oxygen atoms in total. The van der Waals surface area contributed by atoms with Crippen molar-refractivity contribution in [2.75, 3.05) is 6.54 Å². The van der Waals surface area contributed by atoms with E-state index < -0.39 is 5.97 Å². The van der Waals surface area contributed by atoms with Crippen molar-refractivity contribution in [1.29, 1.82) is 0 Å². The Hall–Kier alpha value is -2.48. The molecule has 2 aliphatic rings. The average molecular weight is 514 g/mol. The molecule has 1 saturated heterocycles. The molecule has 3 unspecified atom stereocenters. The predicted molar refractivity (Wildman–Crippen MR) is 138 cm³/mol. The van der Waals surface area contributed by atoms with Crippen LogP contribution in [0.1, 0.15) is 62.5 Å². The molecule has 1 aliphatic heterocycles. The van der Waals surface area contributed by atoms with Gasteiger partial charge in [-0.15, -0.1) is 0 Å². The number of aromatic nitrogens is 4. The first-order valence-electron chi connectivity index (χ1n) is 12.1. The summed E-state index contributed by atoms with van der Waals surface area (Å²) in [5.41, 5.74) is 5.22. The van der Waals surface area contributed by atoms with Crippen LogP contribution < -0.4 is 0 Å². The molecule has 2 aromatic heterocycles. The van der Waals surface area contributed by atoms with Gasteiger partial charge in [-0.1, -0.05) is 42.3 Å². The molecule has 9 heteroatoms. The van der Waals surface area contributed by atoms with Crippen molar-refractivity contribution in [3.63, 3.8) is 0 Å². The van der Waals surface area contributed by atoms with E-state index in [2.05, 4.69) is 17.9 Å². The Morgan fingerprint density at radius 1 is 1.29 bits per heavy atom. The van der Waals surface area contributed by atoms with E-state index in [1.54, 1.807) is 6.07 Å². The Morgan fingerprint density at radius 3 is 2.80 bits per heavy atom. The zero-order chi connectivity index (χ0) is 24.9. The molecule has 1 aromatic carbocycles. The summed E-state index contributed by atoms with van der Waals surface area (Å²) in [5, 5.41) is 15.5. The molecule has 4 atom stereocenters. The zero-order valence-electron chi connectivity index (χ0n) is 20.1. The van der Waals surface area contributed by atoms with Gasteiger partial charge in [0.05, 0.1) is 23.6 Å². The van der Waals surface area contributed by atoms with E-state index in [0.29, 0.717) is 16.0 Å². The maximum Gasteiger partial charge on any atom is 0.320 e. The minimum Gasteiger partial charge on any atom is -0.480 e. The number of allylic oxidation sites excluding steroid dienone is 1. The molecular formula is C26H29Cl2N5O2. The van der Waals surface area contributed by atoms with Gasteiger partial charge in [0.2, 0.25) is 0 Å². The largest absolute Gasteiger partial charge is 0.480 e. The van der Waals surface area contributed by atoms with Crippen molar-refractivity contribution in [1.82, 2.24) is 24.6 Å². The van der Waals surface area contributed by atoms with Crippen molar-refractivity contribution < 1.29 is 9.90 Å². The van der Waals surface area contributed by atoms with E-state index in [1.807, 2.05) is 36.9 Å². The summed E-state index contributed by atoms with van der Waals surface area (Å²) in [6.07, 6.45) is 7.36. The lowest BCUT2D eigenvalue weighted by Gasteiger charge is -2.37. The van der Waals surface area contributed by atoms with Crippen LogP contribution in [0, 0.1) is 12.8 Å². The lowest BCUT2D eigenvalue weighted by atomic mass is 9.83. The third-order valence-electron chi connectivity index (χ3n) is 7.49. The molecule has 0 radical (unpaired) electrons. The van der Waals surface area contributed by atoms with E-state index in [4.69, 9.17) is 38.3 Å². The molecule has 5 rings (SSSR count). The monoisotopic (exact) mass is 513 g/mol. The Labute approximate surface area is 214 Å². The molecule has 1 aliphatic carbocycles. The molecule has 3 aromatic rings. The standard InChI is InChI=1S/C26H29Cl2N5O2/c1-14-11-17(6-9-22(14)32-10-4-5-23(32)26(34)35)21-13-29-24-15(2)31-33(25(24)30-21)16(3)19-8-7-18(27)12-20(19)28/h6-8,12-14,16,22-23H,4-5,9-11H2,1-3H3,(H,34,35)/t14?,16-,22?,23?/m1/s1. The van der Waals surface area contributed by atoms with Gasteiger partial charge in [0.15, 0.2) is 5.65 Å². The smallest absolute Gasteiger partial charge is 0.320 e.